The molecule has 0 bridgehead atoms. The molecule has 0 aromatic carbocycles. The molecule has 0 aliphatic rings. The Balaban J connectivity index is 4.53. The monoisotopic (exact) mass is 781 g/mol. The topological polar surface area (TPSA) is 108 Å². The van der Waals surface area contributed by atoms with Crippen molar-refractivity contribution in [3.05, 3.63) is 60.8 Å². The van der Waals surface area contributed by atoms with E-state index in [1.54, 1.807) is 0 Å². The zero-order chi connectivity index (χ0) is 40.0. The van der Waals surface area contributed by atoms with E-state index in [1.165, 1.54) is 57.8 Å². The Hall–Kier alpha value is -2.29. The van der Waals surface area contributed by atoms with Crippen molar-refractivity contribution >= 4 is 19.8 Å². The highest BCUT2D eigenvalue weighted by molar-refractivity contribution is 7.47. The Labute approximate surface area is 330 Å². The second-order valence-corrected chi connectivity index (χ2v) is 16.5. The summed E-state index contributed by atoms with van der Waals surface area (Å²) in [5, 5.41) is 0. The maximum atomic E-state index is 12.6. The number of nitrogens with zero attached hydrogens (tertiary/aromatic N) is 1. The molecule has 54 heavy (non-hydrogen) atoms. The van der Waals surface area contributed by atoms with Crippen molar-refractivity contribution < 1.29 is 42.1 Å². The molecule has 0 radical (unpaired) electrons. The zero-order valence-electron chi connectivity index (χ0n) is 34.9. The summed E-state index contributed by atoms with van der Waals surface area (Å²) in [6, 6.07) is 0. The van der Waals surface area contributed by atoms with Gasteiger partial charge in [0.25, 0.3) is 0 Å². The number of hydrogen-bond donors (Lipinski definition) is 1. The summed E-state index contributed by atoms with van der Waals surface area (Å²) in [4.78, 5) is 35.3. The average Bonchev–Trinajstić information content (AvgIpc) is 3.12. The lowest BCUT2D eigenvalue weighted by Crippen LogP contribution is -2.37. The average molecular weight is 781 g/mol. The number of carbonyl (C=O) groups excluding carboxylic acids is 2. The SMILES string of the molecule is CCCCC/C=C/C/C=C/C/C=C/CCCCC(=O)O[C@H](COC(=O)CCCC/C=C/C/C=C/CCCCCCCC)COP(=O)(O)OCC[N+](C)(C)C. The van der Waals surface area contributed by atoms with Crippen molar-refractivity contribution in [2.45, 2.75) is 161 Å². The summed E-state index contributed by atoms with van der Waals surface area (Å²) in [7, 11) is 1.43. The van der Waals surface area contributed by atoms with E-state index in [1.807, 2.05) is 21.1 Å². The normalized spacial score (nSPS) is 14.3. The molecular weight excluding hydrogens is 701 g/mol. The Morgan fingerprint density at radius 1 is 0.574 bits per heavy atom. The number of phosphoric ester groups is 1. The second-order valence-electron chi connectivity index (χ2n) is 15.0. The lowest BCUT2D eigenvalue weighted by Gasteiger charge is -2.24. The molecule has 1 unspecified atom stereocenters. The quantitative estimate of drug-likeness (QED) is 0.0218. The lowest BCUT2D eigenvalue weighted by atomic mass is 10.1. The minimum atomic E-state index is -4.39. The van der Waals surface area contributed by atoms with Gasteiger partial charge in [-0.15, -0.1) is 0 Å². The predicted molar refractivity (Wildman–Crippen MR) is 224 cm³/mol. The molecule has 0 rings (SSSR count). The standard InChI is InChI=1S/C44H78NO8P/c1-6-8-10-12-14-16-18-20-22-24-26-28-30-32-34-36-43(46)50-40-42(41-52-54(48,49)51-39-38-45(3,4)5)53-44(47)37-35-33-31-29-27-25-23-21-19-17-15-13-11-9-7-2/h15,17,20-23,26-29,42H,6-14,16,18-19,24-25,30-41H2,1-5H3/p+1/b17-15+,22-20+,23-21+,28-26+,29-27+/t42-/m1/s1. The number of esters is 2. The van der Waals surface area contributed by atoms with Crippen LogP contribution in [0.3, 0.4) is 0 Å². The number of allylic oxidation sites excluding steroid dienone is 10. The molecule has 0 spiro atoms. The first-order valence-electron chi connectivity index (χ1n) is 21.0. The van der Waals surface area contributed by atoms with Crippen LogP contribution in [-0.4, -0.2) is 74.9 Å². The van der Waals surface area contributed by atoms with Crippen molar-refractivity contribution in [2.24, 2.45) is 0 Å². The maximum absolute atomic E-state index is 12.6. The fourth-order valence-corrected chi connectivity index (χ4v) is 5.91. The van der Waals surface area contributed by atoms with Crippen LogP contribution < -0.4 is 0 Å². The molecule has 0 fully saturated rings. The molecule has 9 nitrogen and oxygen atoms in total. The van der Waals surface area contributed by atoms with Gasteiger partial charge in [0, 0.05) is 12.8 Å². The van der Waals surface area contributed by atoms with E-state index in [4.69, 9.17) is 18.5 Å². The third-order valence-electron chi connectivity index (χ3n) is 8.52. The highest BCUT2D eigenvalue weighted by atomic mass is 31.2. The molecule has 0 saturated carbocycles. The van der Waals surface area contributed by atoms with Gasteiger partial charge < -0.3 is 18.9 Å². The fourth-order valence-electron chi connectivity index (χ4n) is 5.17. The summed E-state index contributed by atoms with van der Waals surface area (Å²) in [5.41, 5.74) is 0. The molecule has 0 amide bonds. The number of likely N-dealkylation sites (N-methyl/N-ethyl adjacent to an activating group) is 1. The summed E-state index contributed by atoms with van der Waals surface area (Å²) < 4.78 is 34.2. The molecular formula is C44H79NO8P+. The highest BCUT2D eigenvalue weighted by Crippen LogP contribution is 2.43. The third-order valence-corrected chi connectivity index (χ3v) is 9.50. The minimum absolute atomic E-state index is 0.0170. The number of phosphoric acid groups is 1. The van der Waals surface area contributed by atoms with Crippen LogP contribution in [0.4, 0.5) is 0 Å². The van der Waals surface area contributed by atoms with Crippen LogP contribution in [0.25, 0.3) is 0 Å². The van der Waals surface area contributed by atoms with Gasteiger partial charge in [-0.3, -0.25) is 18.6 Å². The molecule has 0 aromatic rings. The number of rotatable bonds is 37. The first-order chi connectivity index (χ1) is 26.0. The number of unbranched alkanes of at least 4 members (excludes halogenated alkanes) is 13. The molecule has 0 saturated heterocycles. The van der Waals surface area contributed by atoms with Crippen LogP contribution in [0.1, 0.15) is 155 Å². The van der Waals surface area contributed by atoms with E-state index in [9.17, 15) is 19.0 Å². The molecule has 0 aromatic heterocycles. The highest BCUT2D eigenvalue weighted by Gasteiger charge is 2.27. The van der Waals surface area contributed by atoms with Crippen molar-refractivity contribution in [1.82, 2.24) is 0 Å². The molecule has 2 atom stereocenters. The van der Waals surface area contributed by atoms with Gasteiger partial charge >= 0.3 is 19.8 Å². The maximum Gasteiger partial charge on any atom is 0.472 e. The van der Waals surface area contributed by atoms with Gasteiger partial charge in [0.2, 0.25) is 0 Å². The Morgan fingerprint density at radius 2 is 1.00 bits per heavy atom. The van der Waals surface area contributed by atoms with Crippen molar-refractivity contribution in [3.8, 4) is 0 Å². The van der Waals surface area contributed by atoms with Gasteiger partial charge in [0.1, 0.15) is 19.8 Å². The van der Waals surface area contributed by atoms with E-state index in [0.29, 0.717) is 23.9 Å². The third kappa shape index (κ3) is 39.4. The van der Waals surface area contributed by atoms with Crippen LogP contribution in [0.5, 0.6) is 0 Å². The van der Waals surface area contributed by atoms with E-state index < -0.39 is 32.5 Å². The smallest absolute Gasteiger partial charge is 0.462 e. The Bertz CT molecular complexity index is 1110. The number of hydrogen-bond acceptors (Lipinski definition) is 7. The van der Waals surface area contributed by atoms with Gasteiger partial charge in [-0.05, 0) is 83.5 Å². The number of ether oxygens (including phenoxy) is 2. The van der Waals surface area contributed by atoms with Gasteiger partial charge in [-0.2, -0.15) is 0 Å². The number of quaternary nitrogens is 1. The summed E-state index contributed by atoms with van der Waals surface area (Å²) >= 11 is 0. The Kier molecular flexibility index (Phi) is 34.8. The first kappa shape index (κ1) is 51.7. The molecule has 0 aliphatic carbocycles. The minimum Gasteiger partial charge on any atom is -0.462 e. The van der Waals surface area contributed by atoms with Crippen LogP contribution in [0, 0.1) is 0 Å². The van der Waals surface area contributed by atoms with E-state index >= 15 is 0 Å². The van der Waals surface area contributed by atoms with Gasteiger partial charge in [0.15, 0.2) is 6.10 Å². The first-order valence-corrected chi connectivity index (χ1v) is 22.5. The van der Waals surface area contributed by atoms with E-state index in [-0.39, 0.29) is 26.1 Å². The largest absolute Gasteiger partial charge is 0.472 e. The predicted octanol–water partition coefficient (Wildman–Crippen LogP) is 11.7. The van der Waals surface area contributed by atoms with Crippen molar-refractivity contribution in [2.75, 3.05) is 47.5 Å². The fraction of sp³-hybridized carbons (Fsp3) is 0.727. The van der Waals surface area contributed by atoms with Crippen molar-refractivity contribution in [1.29, 1.82) is 0 Å². The lowest BCUT2D eigenvalue weighted by molar-refractivity contribution is -0.870. The van der Waals surface area contributed by atoms with Crippen LogP contribution >= 0.6 is 7.82 Å². The van der Waals surface area contributed by atoms with Gasteiger partial charge in [0.05, 0.1) is 27.7 Å². The van der Waals surface area contributed by atoms with Crippen LogP contribution in [0.15, 0.2) is 60.8 Å². The van der Waals surface area contributed by atoms with Gasteiger partial charge in [-0.1, -0.05) is 120 Å². The van der Waals surface area contributed by atoms with Crippen molar-refractivity contribution in [3.63, 3.8) is 0 Å². The molecule has 312 valence electrons. The molecule has 0 aliphatic heterocycles. The summed E-state index contributed by atoms with van der Waals surface area (Å²) in [6.07, 6.45) is 42.7. The zero-order valence-corrected chi connectivity index (χ0v) is 35.8. The molecule has 10 heteroatoms. The summed E-state index contributed by atoms with van der Waals surface area (Å²) in [6.45, 7) is 4.28. The van der Waals surface area contributed by atoms with Crippen LogP contribution in [-0.2, 0) is 32.7 Å². The molecule has 0 heterocycles. The summed E-state index contributed by atoms with van der Waals surface area (Å²) in [5.74, 6) is -0.887. The number of carbonyl (C=O) groups is 2. The van der Waals surface area contributed by atoms with E-state index in [2.05, 4.69) is 74.6 Å². The Morgan fingerprint density at radius 3 is 1.52 bits per heavy atom. The van der Waals surface area contributed by atoms with E-state index in [0.717, 1.165) is 57.8 Å². The van der Waals surface area contributed by atoms with Gasteiger partial charge in [-0.25, -0.2) is 4.57 Å². The molecule has 1 N–H and O–H groups in total. The van der Waals surface area contributed by atoms with Crippen LogP contribution in [0.2, 0.25) is 0 Å². The second kappa shape index (κ2) is 36.4.